The fraction of sp³-hybridized carbons (Fsp3) is 0.138. The minimum atomic E-state index is -0.371. The predicted octanol–water partition coefficient (Wildman–Crippen LogP) is 7.91. The van der Waals surface area contributed by atoms with Crippen molar-refractivity contribution in [2.45, 2.75) is 20.3 Å². The van der Waals surface area contributed by atoms with Crippen LogP contribution in [0.1, 0.15) is 42.7 Å². The summed E-state index contributed by atoms with van der Waals surface area (Å²) >= 11 is 6.49. The molecule has 0 aliphatic rings. The first-order valence-corrected chi connectivity index (χ1v) is 11.6. The Hall–Kier alpha value is -3.63. The molecule has 4 rings (SSSR count). The number of aromatic amines is 1. The molecule has 5 heteroatoms. The van der Waals surface area contributed by atoms with Gasteiger partial charge in [-0.05, 0) is 65.9 Å². The molecule has 0 spiro atoms. The van der Waals surface area contributed by atoms with Gasteiger partial charge in [0, 0.05) is 28.2 Å². The van der Waals surface area contributed by atoms with Gasteiger partial charge in [0.25, 0.3) is 0 Å². The zero-order chi connectivity index (χ0) is 24.1. The number of aromatic nitrogens is 1. The number of allylic oxidation sites excluding steroid dienone is 1. The number of carbonyl (C=O) groups is 1. The van der Waals surface area contributed by atoms with Gasteiger partial charge in [0.05, 0.1) is 11.6 Å². The molecule has 0 atom stereocenters. The Morgan fingerprint density at radius 3 is 2.47 bits per heavy atom. The van der Waals surface area contributed by atoms with E-state index in [9.17, 15) is 9.18 Å². The van der Waals surface area contributed by atoms with Crippen LogP contribution in [0.25, 0.3) is 28.1 Å². The van der Waals surface area contributed by atoms with Crippen molar-refractivity contribution in [1.29, 1.82) is 0 Å². The summed E-state index contributed by atoms with van der Waals surface area (Å²) in [6.45, 7) is 4.18. The second-order valence-electron chi connectivity index (χ2n) is 7.81. The molecule has 0 aliphatic carbocycles. The Labute approximate surface area is 203 Å². The van der Waals surface area contributed by atoms with E-state index in [1.807, 2.05) is 42.5 Å². The van der Waals surface area contributed by atoms with Crippen molar-refractivity contribution in [2.75, 3.05) is 6.61 Å². The van der Waals surface area contributed by atoms with Crippen LogP contribution < -0.4 is 0 Å². The first-order chi connectivity index (χ1) is 16.5. The minimum Gasteiger partial charge on any atom is -0.463 e. The third kappa shape index (κ3) is 5.13. The van der Waals surface area contributed by atoms with Crippen LogP contribution in [-0.4, -0.2) is 17.6 Å². The zero-order valence-electron chi connectivity index (χ0n) is 19.1. The summed E-state index contributed by atoms with van der Waals surface area (Å²) < 4.78 is 18.7. The van der Waals surface area contributed by atoms with Crippen molar-refractivity contribution in [3.63, 3.8) is 0 Å². The highest BCUT2D eigenvalue weighted by Gasteiger charge is 2.17. The van der Waals surface area contributed by atoms with Crippen molar-refractivity contribution in [1.82, 2.24) is 4.98 Å². The van der Waals surface area contributed by atoms with E-state index in [1.54, 1.807) is 19.1 Å². The van der Waals surface area contributed by atoms with E-state index in [0.29, 0.717) is 18.1 Å². The third-order valence-corrected chi connectivity index (χ3v) is 5.92. The monoisotopic (exact) mass is 473 g/mol. The molecule has 3 aromatic carbocycles. The van der Waals surface area contributed by atoms with Gasteiger partial charge in [-0.3, -0.25) is 0 Å². The summed E-state index contributed by atoms with van der Waals surface area (Å²) in [5.74, 6) is -0.737. The average molecular weight is 474 g/mol. The topological polar surface area (TPSA) is 42.1 Å². The van der Waals surface area contributed by atoms with E-state index >= 15 is 0 Å². The first kappa shape index (κ1) is 23.5. The summed E-state index contributed by atoms with van der Waals surface area (Å²) in [6, 6.07) is 22.7. The summed E-state index contributed by atoms with van der Waals surface area (Å²) in [6.07, 6.45) is 3.84. The average Bonchev–Trinajstić information content (AvgIpc) is 3.26. The van der Waals surface area contributed by atoms with Crippen LogP contribution in [-0.2, 0) is 9.53 Å². The summed E-state index contributed by atoms with van der Waals surface area (Å²) in [5, 5.41) is 1.48. The van der Waals surface area contributed by atoms with Crippen LogP contribution in [0.5, 0.6) is 0 Å². The van der Waals surface area contributed by atoms with Crippen molar-refractivity contribution in [3.05, 3.63) is 112 Å². The number of hydrogen-bond donors (Lipinski definition) is 1. The number of halogens is 2. The molecule has 0 saturated heterocycles. The molecule has 0 fully saturated rings. The summed E-state index contributed by atoms with van der Waals surface area (Å²) in [7, 11) is 0. The lowest BCUT2D eigenvalue weighted by molar-refractivity contribution is -0.137. The molecule has 4 aromatic rings. The van der Waals surface area contributed by atoms with E-state index in [0.717, 1.165) is 44.4 Å². The van der Waals surface area contributed by atoms with Gasteiger partial charge in [0.2, 0.25) is 0 Å². The summed E-state index contributed by atoms with van der Waals surface area (Å²) in [5.41, 5.74) is 6.64. The number of benzene rings is 3. The lowest BCUT2D eigenvalue weighted by atomic mass is 9.90. The molecule has 0 aliphatic heterocycles. The molecule has 0 unspecified atom stereocenters. The molecule has 172 valence electrons. The fourth-order valence-corrected chi connectivity index (χ4v) is 4.33. The van der Waals surface area contributed by atoms with E-state index in [2.05, 4.69) is 24.0 Å². The summed E-state index contributed by atoms with van der Waals surface area (Å²) in [4.78, 5) is 15.2. The number of hydrogen-bond acceptors (Lipinski definition) is 2. The van der Waals surface area contributed by atoms with Crippen LogP contribution in [0, 0.1) is 5.82 Å². The Morgan fingerprint density at radius 2 is 1.79 bits per heavy atom. The van der Waals surface area contributed by atoms with Gasteiger partial charge in [-0.25, -0.2) is 9.18 Å². The van der Waals surface area contributed by atoms with Gasteiger partial charge in [-0.2, -0.15) is 0 Å². The Morgan fingerprint density at radius 1 is 1.03 bits per heavy atom. The fourth-order valence-electron chi connectivity index (χ4n) is 4.05. The molecule has 34 heavy (non-hydrogen) atoms. The SMILES string of the molecule is CCOC(=O)/C=C/c1ccc(/C(=C(/CC)c2ccc(F)cc2Cl)c2cc3ccccc3[nH]2)cc1. The Balaban J connectivity index is 1.86. The smallest absolute Gasteiger partial charge is 0.330 e. The number of esters is 1. The molecule has 0 radical (unpaired) electrons. The van der Waals surface area contributed by atoms with Gasteiger partial charge >= 0.3 is 5.97 Å². The Kier molecular flexibility index (Phi) is 7.29. The van der Waals surface area contributed by atoms with Crippen LogP contribution in [0.2, 0.25) is 5.02 Å². The highest BCUT2D eigenvalue weighted by atomic mass is 35.5. The number of nitrogens with one attached hydrogen (secondary N) is 1. The number of rotatable bonds is 7. The quantitative estimate of drug-likeness (QED) is 0.168. The molecule has 3 nitrogen and oxygen atoms in total. The molecular weight excluding hydrogens is 449 g/mol. The number of fused-ring (bicyclic) bond motifs is 1. The standard InChI is InChI=1S/C29H25ClFNO2/c1-3-23(24-15-14-22(31)18-25(24)30)29(27-17-21-7-5-6-8-26(21)32-27)20-12-9-19(10-13-20)11-16-28(33)34-4-2/h5-18,32H,3-4H2,1-2H3/b16-11+,29-23+. The van der Waals surface area contributed by atoms with Gasteiger partial charge < -0.3 is 9.72 Å². The molecule has 1 heterocycles. The maximum Gasteiger partial charge on any atom is 0.330 e. The van der Waals surface area contributed by atoms with Gasteiger partial charge in [0.15, 0.2) is 0 Å². The van der Waals surface area contributed by atoms with Crippen molar-refractivity contribution in [2.24, 2.45) is 0 Å². The van der Waals surface area contributed by atoms with Gasteiger partial charge in [-0.1, -0.05) is 67.1 Å². The lowest BCUT2D eigenvalue weighted by Gasteiger charge is -2.16. The third-order valence-electron chi connectivity index (χ3n) is 5.61. The molecule has 1 N–H and O–H groups in total. The van der Waals surface area contributed by atoms with Gasteiger partial charge in [-0.15, -0.1) is 0 Å². The van der Waals surface area contributed by atoms with E-state index in [4.69, 9.17) is 16.3 Å². The van der Waals surface area contributed by atoms with E-state index in [1.165, 1.54) is 18.2 Å². The maximum absolute atomic E-state index is 13.8. The second-order valence-corrected chi connectivity index (χ2v) is 8.22. The van der Waals surface area contributed by atoms with Crippen molar-refractivity contribution < 1.29 is 13.9 Å². The zero-order valence-corrected chi connectivity index (χ0v) is 19.8. The van der Waals surface area contributed by atoms with E-state index in [-0.39, 0.29) is 11.8 Å². The largest absolute Gasteiger partial charge is 0.463 e. The molecule has 0 bridgehead atoms. The Bertz CT molecular complexity index is 1350. The van der Waals surface area contributed by atoms with Crippen LogP contribution in [0.15, 0.2) is 78.9 Å². The number of carbonyl (C=O) groups excluding carboxylic acids is 1. The van der Waals surface area contributed by atoms with Crippen molar-refractivity contribution in [3.8, 4) is 0 Å². The number of ether oxygens (including phenoxy) is 1. The highest BCUT2D eigenvalue weighted by Crippen LogP contribution is 2.38. The molecule has 0 saturated carbocycles. The molecular formula is C29H25ClFNO2. The highest BCUT2D eigenvalue weighted by molar-refractivity contribution is 6.32. The van der Waals surface area contributed by atoms with Crippen LogP contribution in [0.4, 0.5) is 4.39 Å². The maximum atomic E-state index is 13.8. The van der Waals surface area contributed by atoms with Crippen LogP contribution in [0.3, 0.4) is 0 Å². The van der Waals surface area contributed by atoms with Gasteiger partial charge in [0.1, 0.15) is 5.82 Å². The van der Waals surface area contributed by atoms with Crippen LogP contribution >= 0.6 is 11.6 Å². The van der Waals surface area contributed by atoms with Crippen molar-refractivity contribution >= 4 is 45.7 Å². The normalized spacial score (nSPS) is 12.2. The second kappa shape index (κ2) is 10.5. The van der Waals surface area contributed by atoms with E-state index < -0.39 is 0 Å². The predicted molar refractivity (Wildman–Crippen MR) is 138 cm³/mol. The number of para-hydroxylation sites is 1. The molecule has 1 aromatic heterocycles. The lowest BCUT2D eigenvalue weighted by Crippen LogP contribution is -1.98. The molecule has 0 amide bonds. The first-order valence-electron chi connectivity index (χ1n) is 11.2. The minimum absolute atomic E-state index is 0.340. The number of H-pyrrole nitrogens is 1.